The molecule has 154 valence electrons. The van der Waals surface area contributed by atoms with Gasteiger partial charge in [-0.2, -0.15) is 0 Å². The Labute approximate surface area is 170 Å². The van der Waals surface area contributed by atoms with Crippen molar-refractivity contribution in [2.45, 2.75) is 25.8 Å². The van der Waals surface area contributed by atoms with Crippen LogP contribution in [0.25, 0.3) is 0 Å². The summed E-state index contributed by atoms with van der Waals surface area (Å²) < 4.78 is 30.4. The minimum atomic E-state index is -3.38. The Morgan fingerprint density at radius 1 is 1.17 bits per heavy atom. The van der Waals surface area contributed by atoms with Crippen molar-refractivity contribution in [3.05, 3.63) is 65.2 Å². The monoisotopic (exact) mass is 416 g/mol. The van der Waals surface area contributed by atoms with Gasteiger partial charge in [0.1, 0.15) is 0 Å². The molecule has 1 aliphatic heterocycles. The van der Waals surface area contributed by atoms with Crippen molar-refractivity contribution in [3.8, 4) is 0 Å². The van der Waals surface area contributed by atoms with Gasteiger partial charge in [-0.05, 0) is 49.1 Å². The maximum atomic E-state index is 12.3. The van der Waals surface area contributed by atoms with Gasteiger partial charge in [-0.15, -0.1) is 0 Å². The van der Waals surface area contributed by atoms with E-state index in [4.69, 9.17) is 4.74 Å². The third-order valence-electron chi connectivity index (χ3n) is 4.74. The summed E-state index contributed by atoms with van der Waals surface area (Å²) in [4.78, 5) is 24.2. The zero-order valence-electron chi connectivity index (χ0n) is 16.4. The molecule has 0 saturated carbocycles. The van der Waals surface area contributed by atoms with Crippen LogP contribution in [0.3, 0.4) is 0 Å². The number of sulfonamides is 1. The van der Waals surface area contributed by atoms with Crippen molar-refractivity contribution >= 4 is 27.6 Å². The van der Waals surface area contributed by atoms with Crippen LogP contribution < -0.4 is 9.62 Å². The van der Waals surface area contributed by atoms with Crippen LogP contribution in [0.2, 0.25) is 0 Å². The summed E-state index contributed by atoms with van der Waals surface area (Å²) >= 11 is 0. The lowest BCUT2D eigenvalue weighted by molar-refractivity contribution is -0.124. The van der Waals surface area contributed by atoms with Crippen molar-refractivity contribution in [1.29, 1.82) is 0 Å². The second kappa shape index (κ2) is 8.65. The first kappa shape index (κ1) is 20.9. The molecule has 0 aromatic heterocycles. The van der Waals surface area contributed by atoms with Gasteiger partial charge in [0.05, 0.1) is 17.5 Å². The lowest BCUT2D eigenvalue weighted by Gasteiger charge is -2.21. The number of rotatable bonds is 7. The van der Waals surface area contributed by atoms with Crippen molar-refractivity contribution in [1.82, 2.24) is 5.32 Å². The molecule has 0 unspecified atom stereocenters. The molecule has 0 bridgehead atoms. The van der Waals surface area contributed by atoms with Gasteiger partial charge in [0, 0.05) is 12.6 Å². The van der Waals surface area contributed by atoms with Gasteiger partial charge in [0.15, 0.2) is 6.61 Å². The number of benzene rings is 2. The third-order valence-corrected chi connectivity index (χ3v) is 6.01. The zero-order chi connectivity index (χ0) is 21.0. The van der Waals surface area contributed by atoms with Crippen LogP contribution in [-0.2, 0) is 32.4 Å². The Bertz CT molecular complexity index is 1000. The second-order valence-electron chi connectivity index (χ2n) is 7.12. The Balaban J connectivity index is 1.52. The Hall–Kier alpha value is -2.87. The van der Waals surface area contributed by atoms with Crippen LogP contribution in [-0.4, -0.2) is 45.7 Å². The van der Waals surface area contributed by atoms with Crippen LogP contribution in [0.15, 0.2) is 48.5 Å². The summed E-state index contributed by atoms with van der Waals surface area (Å²) in [7, 11) is -3.38. The average Bonchev–Trinajstić information content (AvgIpc) is 3.02. The Morgan fingerprint density at radius 2 is 1.90 bits per heavy atom. The quantitative estimate of drug-likeness (QED) is 0.696. The van der Waals surface area contributed by atoms with Crippen LogP contribution in [0.1, 0.15) is 28.4 Å². The Morgan fingerprint density at radius 3 is 2.59 bits per heavy atom. The highest BCUT2D eigenvalue weighted by molar-refractivity contribution is 7.92. The van der Waals surface area contributed by atoms with Crippen LogP contribution in [0.5, 0.6) is 0 Å². The van der Waals surface area contributed by atoms with Crippen LogP contribution in [0, 0.1) is 0 Å². The molecule has 1 heterocycles. The number of ether oxygens (including phenoxy) is 1. The molecule has 0 saturated heterocycles. The number of nitrogens with zero attached hydrogens (tertiary/aromatic N) is 1. The van der Waals surface area contributed by atoms with Crippen LogP contribution >= 0.6 is 0 Å². The number of esters is 1. The highest BCUT2D eigenvalue weighted by Crippen LogP contribution is 2.34. The van der Waals surface area contributed by atoms with E-state index in [1.165, 1.54) is 10.4 Å². The topological polar surface area (TPSA) is 92.8 Å². The highest BCUT2D eigenvalue weighted by Gasteiger charge is 2.32. The number of fused-ring (bicyclic) bond motifs is 1. The molecule has 2 aromatic rings. The smallest absolute Gasteiger partial charge is 0.338 e. The van der Waals surface area contributed by atoms with Gasteiger partial charge in [0.2, 0.25) is 10.0 Å². The van der Waals surface area contributed by atoms with Crippen molar-refractivity contribution in [2.75, 3.05) is 23.7 Å². The molecule has 2 aromatic carbocycles. The highest BCUT2D eigenvalue weighted by atomic mass is 32.2. The number of hydrogen-bond acceptors (Lipinski definition) is 5. The van der Waals surface area contributed by atoms with Gasteiger partial charge in [-0.1, -0.05) is 30.3 Å². The summed E-state index contributed by atoms with van der Waals surface area (Å²) in [5, 5.41) is 2.72. The molecule has 1 amide bonds. The maximum absolute atomic E-state index is 12.3. The van der Waals surface area contributed by atoms with E-state index in [0.29, 0.717) is 30.6 Å². The molecular formula is C21H24N2O5S. The molecule has 8 heteroatoms. The number of anilines is 1. The molecule has 0 radical (unpaired) electrons. The fourth-order valence-electron chi connectivity index (χ4n) is 3.49. The predicted molar refractivity (Wildman–Crippen MR) is 110 cm³/mol. The van der Waals surface area contributed by atoms with E-state index in [1.807, 2.05) is 37.3 Å². The molecule has 0 aliphatic carbocycles. The van der Waals surface area contributed by atoms with Gasteiger partial charge in [-0.25, -0.2) is 13.2 Å². The predicted octanol–water partition coefficient (Wildman–Crippen LogP) is 1.91. The van der Waals surface area contributed by atoms with E-state index < -0.39 is 16.0 Å². The largest absolute Gasteiger partial charge is 0.452 e. The molecule has 1 N–H and O–H groups in total. The van der Waals surface area contributed by atoms with Crippen molar-refractivity contribution < 1.29 is 22.7 Å². The summed E-state index contributed by atoms with van der Waals surface area (Å²) in [6.45, 7) is 1.91. The lowest BCUT2D eigenvalue weighted by Crippen LogP contribution is -2.34. The SMILES string of the molecule is C[C@@H]1Cc2cc(C(=O)OCC(=O)NCCc3ccccc3)ccc2N1S(C)(=O)=O. The fourth-order valence-corrected chi connectivity index (χ4v) is 4.76. The second-order valence-corrected chi connectivity index (χ2v) is 8.98. The molecule has 29 heavy (non-hydrogen) atoms. The van der Waals surface area contributed by atoms with E-state index in [9.17, 15) is 18.0 Å². The molecule has 1 atom stereocenters. The first-order valence-corrected chi connectivity index (χ1v) is 11.2. The lowest BCUT2D eigenvalue weighted by atomic mass is 10.1. The first-order chi connectivity index (χ1) is 13.8. The zero-order valence-corrected chi connectivity index (χ0v) is 17.2. The minimum Gasteiger partial charge on any atom is -0.452 e. The molecule has 0 spiro atoms. The van der Waals surface area contributed by atoms with Gasteiger partial charge in [-0.3, -0.25) is 9.10 Å². The number of nitrogens with one attached hydrogen (secondary N) is 1. The van der Waals surface area contributed by atoms with Gasteiger partial charge in [0.25, 0.3) is 5.91 Å². The maximum Gasteiger partial charge on any atom is 0.338 e. The molecule has 7 nitrogen and oxygen atoms in total. The summed E-state index contributed by atoms with van der Waals surface area (Å²) in [6.07, 6.45) is 2.38. The van der Waals surface area contributed by atoms with E-state index in [0.717, 1.165) is 17.4 Å². The first-order valence-electron chi connectivity index (χ1n) is 9.36. The fraction of sp³-hybridized carbons (Fsp3) is 0.333. The van der Waals surface area contributed by atoms with Gasteiger partial charge < -0.3 is 10.1 Å². The molecule has 3 rings (SSSR count). The normalized spacial score (nSPS) is 15.7. The number of amides is 1. The molecule has 0 fully saturated rings. The number of carbonyl (C=O) groups is 2. The van der Waals surface area contributed by atoms with E-state index >= 15 is 0 Å². The number of carbonyl (C=O) groups excluding carboxylic acids is 2. The number of hydrogen-bond donors (Lipinski definition) is 1. The molecular weight excluding hydrogens is 392 g/mol. The molecule has 1 aliphatic rings. The average molecular weight is 416 g/mol. The van der Waals surface area contributed by atoms with E-state index in [1.54, 1.807) is 12.1 Å². The van der Waals surface area contributed by atoms with Crippen molar-refractivity contribution in [2.24, 2.45) is 0 Å². The Kier molecular flexibility index (Phi) is 6.22. The summed E-state index contributed by atoms with van der Waals surface area (Å²) in [5.74, 6) is -0.983. The summed E-state index contributed by atoms with van der Waals surface area (Å²) in [6, 6.07) is 14.3. The van der Waals surface area contributed by atoms with E-state index in [-0.39, 0.29) is 18.6 Å². The van der Waals surface area contributed by atoms with Crippen LogP contribution in [0.4, 0.5) is 5.69 Å². The standard InChI is InChI=1S/C21H24N2O5S/c1-15-12-18-13-17(8-9-19(18)23(15)29(2,26)27)21(25)28-14-20(24)22-11-10-16-6-4-3-5-7-16/h3-9,13,15H,10-12,14H2,1-2H3,(H,22,24)/t15-/m1/s1. The van der Waals surface area contributed by atoms with E-state index in [2.05, 4.69) is 5.32 Å². The van der Waals surface area contributed by atoms with Gasteiger partial charge >= 0.3 is 5.97 Å². The minimum absolute atomic E-state index is 0.207. The third kappa shape index (κ3) is 5.14. The summed E-state index contributed by atoms with van der Waals surface area (Å²) in [5.41, 5.74) is 2.75. The van der Waals surface area contributed by atoms with Crippen molar-refractivity contribution in [3.63, 3.8) is 0 Å².